The third kappa shape index (κ3) is 5.35. The summed E-state index contributed by atoms with van der Waals surface area (Å²) in [6.07, 6.45) is 2.66. The van der Waals surface area contributed by atoms with Crippen LogP contribution < -0.4 is 10.6 Å². The van der Waals surface area contributed by atoms with Gasteiger partial charge in [-0.1, -0.05) is 0 Å². The van der Waals surface area contributed by atoms with E-state index < -0.39 is 5.97 Å². The molecule has 0 atom stereocenters. The zero-order chi connectivity index (χ0) is 14.3. The van der Waals surface area contributed by atoms with Gasteiger partial charge in [-0.3, -0.25) is 9.59 Å². The van der Waals surface area contributed by atoms with Crippen LogP contribution >= 0.6 is 11.3 Å². The summed E-state index contributed by atoms with van der Waals surface area (Å²) in [7, 11) is 1.53. The average Bonchev–Trinajstić information content (AvgIpc) is 2.84. The van der Waals surface area contributed by atoms with E-state index in [-0.39, 0.29) is 24.8 Å². The van der Waals surface area contributed by atoms with Crippen LogP contribution in [0.1, 0.15) is 21.0 Å². The van der Waals surface area contributed by atoms with Gasteiger partial charge in [0.2, 0.25) is 5.91 Å². The van der Waals surface area contributed by atoms with Crippen LogP contribution in [0.5, 0.6) is 0 Å². The van der Waals surface area contributed by atoms with E-state index in [9.17, 15) is 14.4 Å². The van der Waals surface area contributed by atoms with Crippen molar-refractivity contribution in [1.29, 1.82) is 0 Å². The van der Waals surface area contributed by atoms with Gasteiger partial charge >= 0.3 is 5.97 Å². The van der Waals surface area contributed by atoms with Crippen molar-refractivity contribution in [3.8, 4) is 0 Å². The Kier molecular flexibility index (Phi) is 5.74. The molecule has 7 heteroatoms. The first-order chi connectivity index (χ1) is 9.02. The van der Waals surface area contributed by atoms with Crippen molar-refractivity contribution in [3.05, 3.63) is 28.0 Å². The summed E-state index contributed by atoms with van der Waals surface area (Å²) in [5, 5.41) is 13.6. The van der Waals surface area contributed by atoms with E-state index in [1.165, 1.54) is 24.5 Å². The molecule has 0 aromatic carbocycles. The normalized spacial score (nSPS) is 10.4. The number of carboxylic acid groups (broad SMARTS) is 1. The summed E-state index contributed by atoms with van der Waals surface area (Å²) in [6, 6.07) is 3.28. The summed E-state index contributed by atoms with van der Waals surface area (Å²) in [5.41, 5.74) is 0. The fourth-order valence-electron chi connectivity index (χ4n) is 1.22. The Balaban J connectivity index is 2.49. The zero-order valence-corrected chi connectivity index (χ0v) is 11.1. The highest BCUT2D eigenvalue weighted by Crippen LogP contribution is 2.17. The topological polar surface area (TPSA) is 95.5 Å². The van der Waals surface area contributed by atoms with Gasteiger partial charge in [0, 0.05) is 31.0 Å². The van der Waals surface area contributed by atoms with Gasteiger partial charge in [-0.25, -0.2) is 4.79 Å². The smallest absolute Gasteiger partial charge is 0.328 e. The molecule has 0 aliphatic rings. The summed E-state index contributed by atoms with van der Waals surface area (Å²) >= 11 is 1.18. The molecule has 102 valence electrons. The van der Waals surface area contributed by atoms with Crippen LogP contribution in [0.25, 0.3) is 6.08 Å². The van der Waals surface area contributed by atoms with Crippen molar-refractivity contribution >= 4 is 35.2 Å². The summed E-state index contributed by atoms with van der Waals surface area (Å²) in [5.74, 6) is -1.45. The second kappa shape index (κ2) is 7.32. The highest BCUT2D eigenvalue weighted by molar-refractivity contribution is 7.14. The zero-order valence-electron chi connectivity index (χ0n) is 10.3. The number of thiophene rings is 1. The van der Waals surface area contributed by atoms with Crippen LogP contribution in [0.4, 0.5) is 0 Å². The van der Waals surface area contributed by atoms with Crippen molar-refractivity contribution in [3.63, 3.8) is 0 Å². The second-order valence-corrected chi connectivity index (χ2v) is 4.67. The lowest BCUT2D eigenvalue weighted by Gasteiger charge is -2.02. The maximum Gasteiger partial charge on any atom is 0.328 e. The van der Waals surface area contributed by atoms with Gasteiger partial charge in [0.05, 0.1) is 4.88 Å². The first-order valence-electron chi connectivity index (χ1n) is 5.52. The van der Waals surface area contributed by atoms with Crippen LogP contribution in [-0.2, 0) is 9.59 Å². The number of hydrogen-bond donors (Lipinski definition) is 3. The van der Waals surface area contributed by atoms with E-state index in [2.05, 4.69) is 10.6 Å². The molecular weight excluding hydrogens is 268 g/mol. The van der Waals surface area contributed by atoms with E-state index >= 15 is 0 Å². The number of carboxylic acids is 1. The molecule has 0 aliphatic carbocycles. The molecule has 1 aromatic heterocycles. The number of carbonyl (C=O) groups excluding carboxylic acids is 2. The number of rotatable bonds is 6. The molecule has 1 rings (SSSR count). The van der Waals surface area contributed by atoms with Crippen LogP contribution in [0, 0.1) is 0 Å². The van der Waals surface area contributed by atoms with Gasteiger partial charge in [-0.2, -0.15) is 0 Å². The molecule has 0 radical (unpaired) electrons. The Morgan fingerprint density at radius 3 is 2.74 bits per heavy atom. The standard InChI is InChI=1S/C12H14N2O4S/c1-13-10(15)6-7-14-12(18)9-4-2-8(19-9)3-5-11(16)17/h2-5H,6-7H2,1H3,(H,13,15)(H,14,18)(H,16,17). The molecule has 0 spiro atoms. The Labute approximate surface area is 114 Å². The Bertz CT molecular complexity index is 508. The van der Waals surface area contributed by atoms with E-state index in [4.69, 9.17) is 5.11 Å². The number of aliphatic carboxylic acids is 1. The molecule has 1 aromatic rings. The van der Waals surface area contributed by atoms with E-state index in [0.29, 0.717) is 9.75 Å². The lowest BCUT2D eigenvalue weighted by atomic mass is 10.3. The molecule has 19 heavy (non-hydrogen) atoms. The van der Waals surface area contributed by atoms with Crippen LogP contribution in [-0.4, -0.2) is 36.5 Å². The Morgan fingerprint density at radius 2 is 2.11 bits per heavy atom. The minimum Gasteiger partial charge on any atom is -0.478 e. The lowest BCUT2D eigenvalue weighted by Crippen LogP contribution is -2.28. The number of amides is 2. The van der Waals surface area contributed by atoms with Crippen molar-refractivity contribution in [2.24, 2.45) is 0 Å². The molecule has 0 unspecified atom stereocenters. The molecule has 3 N–H and O–H groups in total. The van der Waals surface area contributed by atoms with Gasteiger partial charge in [0.1, 0.15) is 0 Å². The van der Waals surface area contributed by atoms with Crippen molar-refractivity contribution in [2.45, 2.75) is 6.42 Å². The first kappa shape index (κ1) is 14.9. The molecule has 6 nitrogen and oxygen atoms in total. The van der Waals surface area contributed by atoms with Gasteiger partial charge in [-0.05, 0) is 18.2 Å². The van der Waals surface area contributed by atoms with Crippen LogP contribution in [0.15, 0.2) is 18.2 Å². The minimum atomic E-state index is -1.04. The summed E-state index contributed by atoms with van der Waals surface area (Å²) < 4.78 is 0. The van der Waals surface area contributed by atoms with Gasteiger partial charge in [0.25, 0.3) is 5.91 Å². The quantitative estimate of drug-likeness (QED) is 0.670. The number of carbonyl (C=O) groups is 3. The third-order valence-corrected chi connectivity index (χ3v) is 3.21. The van der Waals surface area contributed by atoms with Gasteiger partial charge in [-0.15, -0.1) is 11.3 Å². The maximum atomic E-state index is 11.7. The average molecular weight is 282 g/mol. The van der Waals surface area contributed by atoms with Crippen molar-refractivity contribution < 1.29 is 19.5 Å². The van der Waals surface area contributed by atoms with E-state index in [1.807, 2.05) is 0 Å². The first-order valence-corrected chi connectivity index (χ1v) is 6.34. The Morgan fingerprint density at radius 1 is 1.37 bits per heavy atom. The molecule has 0 bridgehead atoms. The van der Waals surface area contributed by atoms with Crippen LogP contribution in [0.2, 0.25) is 0 Å². The predicted octanol–water partition coefficient (Wildman–Crippen LogP) is 0.712. The van der Waals surface area contributed by atoms with Gasteiger partial charge < -0.3 is 15.7 Å². The molecule has 0 aliphatic heterocycles. The molecule has 2 amide bonds. The maximum absolute atomic E-state index is 11.7. The van der Waals surface area contributed by atoms with E-state index in [0.717, 1.165) is 6.08 Å². The SMILES string of the molecule is CNC(=O)CCNC(=O)c1ccc(C=CC(=O)O)s1. The third-order valence-electron chi connectivity index (χ3n) is 2.16. The largest absolute Gasteiger partial charge is 0.478 e. The molecular formula is C12H14N2O4S. The molecule has 0 fully saturated rings. The Hall–Kier alpha value is -2.15. The van der Waals surface area contributed by atoms with Crippen molar-refractivity contribution in [1.82, 2.24) is 10.6 Å². The summed E-state index contributed by atoms with van der Waals surface area (Å²) in [6.45, 7) is 0.261. The molecule has 0 saturated heterocycles. The molecule has 1 heterocycles. The number of nitrogens with one attached hydrogen (secondary N) is 2. The van der Waals surface area contributed by atoms with Gasteiger partial charge in [0.15, 0.2) is 0 Å². The van der Waals surface area contributed by atoms with Crippen LogP contribution in [0.3, 0.4) is 0 Å². The second-order valence-electron chi connectivity index (χ2n) is 3.55. The number of hydrogen-bond acceptors (Lipinski definition) is 4. The lowest BCUT2D eigenvalue weighted by molar-refractivity contribution is -0.131. The fraction of sp³-hybridized carbons (Fsp3) is 0.250. The predicted molar refractivity (Wildman–Crippen MR) is 72.0 cm³/mol. The fourth-order valence-corrected chi connectivity index (χ4v) is 2.05. The highest BCUT2D eigenvalue weighted by atomic mass is 32.1. The minimum absolute atomic E-state index is 0.142. The molecule has 0 saturated carbocycles. The highest BCUT2D eigenvalue weighted by Gasteiger charge is 2.08. The van der Waals surface area contributed by atoms with E-state index in [1.54, 1.807) is 12.1 Å². The monoisotopic (exact) mass is 282 g/mol. The van der Waals surface area contributed by atoms with Crippen molar-refractivity contribution in [2.75, 3.05) is 13.6 Å². The summed E-state index contributed by atoms with van der Waals surface area (Å²) in [4.78, 5) is 34.2.